The SMILES string of the molecule is O=C(CCc1ncc(-c2ccccc2Cl)o1)NCCC1CCCNC1. The molecule has 0 spiro atoms. The smallest absolute Gasteiger partial charge is 0.220 e. The van der Waals surface area contributed by atoms with Gasteiger partial charge in [-0.15, -0.1) is 0 Å². The van der Waals surface area contributed by atoms with E-state index < -0.39 is 0 Å². The van der Waals surface area contributed by atoms with E-state index in [9.17, 15) is 4.79 Å². The molecule has 2 aromatic rings. The first-order valence-corrected chi connectivity index (χ1v) is 9.27. The highest BCUT2D eigenvalue weighted by atomic mass is 35.5. The molecule has 2 N–H and O–H groups in total. The van der Waals surface area contributed by atoms with Crippen molar-refractivity contribution in [3.63, 3.8) is 0 Å². The lowest BCUT2D eigenvalue weighted by Crippen LogP contribution is -2.33. The van der Waals surface area contributed by atoms with Gasteiger partial charge in [-0.25, -0.2) is 4.98 Å². The predicted octanol–water partition coefficient (Wildman–Crippen LogP) is 3.43. The van der Waals surface area contributed by atoms with Gasteiger partial charge in [0.2, 0.25) is 5.91 Å². The summed E-state index contributed by atoms with van der Waals surface area (Å²) in [5.74, 6) is 1.91. The van der Waals surface area contributed by atoms with Crippen LogP contribution in [0, 0.1) is 5.92 Å². The first-order chi connectivity index (χ1) is 12.2. The number of carbonyl (C=O) groups is 1. The minimum Gasteiger partial charge on any atom is -0.441 e. The summed E-state index contributed by atoms with van der Waals surface area (Å²) < 4.78 is 5.72. The largest absolute Gasteiger partial charge is 0.441 e. The molecule has 1 fully saturated rings. The van der Waals surface area contributed by atoms with Crippen LogP contribution in [0.2, 0.25) is 5.02 Å². The summed E-state index contributed by atoms with van der Waals surface area (Å²) in [4.78, 5) is 16.2. The zero-order chi connectivity index (χ0) is 17.5. The van der Waals surface area contributed by atoms with Crippen molar-refractivity contribution < 1.29 is 9.21 Å². The monoisotopic (exact) mass is 361 g/mol. The second-order valence-electron chi connectivity index (χ2n) is 6.45. The van der Waals surface area contributed by atoms with Gasteiger partial charge in [-0.05, 0) is 50.4 Å². The number of aromatic nitrogens is 1. The Morgan fingerprint density at radius 1 is 1.40 bits per heavy atom. The van der Waals surface area contributed by atoms with E-state index in [-0.39, 0.29) is 5.91 Å². The third-order valence-electron chi connectivity index (χ3n) is 4.53. The van der Waals surface area contributed by atoms with Gasteiger partial charge >= 0.3 is 0 Å². The van der Waals surface area contributed by atoms with E-state index in [2.05, 4.69) is 15.6 Å². The number of nitrogens with zero attached hydrogens (tertiary/aromatic N) is 1. The Morgan fingerprint density at radius 3 is 3.08 bits per heavy atom. The molecule has 5 nitrogen and oxygen atoms in total. The topological polar surface area (TPSA) is 67.2 Å². The number of benzene rings is 1. The van der Waals surface area contributed by atoms with Crippen LogP contribution in [0.5, 0.6) is 0 Å². The van der Waals surface area contributed by atoms with Crippen LogP contribution in [-0.4, -0.2) is 30.5 Å². The average Bonchev–Trinajstić information content (AvgIpc) is 3.10. The van der Waals surface area contributed by atoms with Crippen LogP contribution in [0.3, 0.4) is 0 Å². The molecular formula is C19H24ClN3O2. The molecule has 6 heteroatoms. The lowest BCUT2D eigenvalue weighted by Gasteiger charge is -2.22. The third kappa shape index (κ3) is 5.31. The Bertz CT molecular complexity index is 695. The van der Waals surface area contributed by atoms with E-state index in [1.165, 1.54) is 12.8 Å². The maximum absolute atomic E-state index is 12.0. The fourth-order valence-corrected chi connectivity index (χ4v) is 3.34. The maximum atomic E-state index is 12.0. The molecule has 1 amide bonds. The standard InChI is InChI=1S/C19H24ClN3O2/c20-16-6-2-1-5-15(16)17-13-23-19(25-17)8-7-18(24)22-11-9-14-4-3-10-21-12-14/h1-2,5-6,13-14,21H,3-4,7-12H2,(H,22,24). The molecule has 0 aliphatic carbocycles. The summed E-state index contributed by atoms with van der Waals surface area (Å²) in [6.45, 7) is 2.92. The highest BCUT2D eigenvalue weighted by Crippen LogP contribution is 2.28. The normalized spacial score (nSPS) is 17.4. The summed E-state index contributed by atoms with van der Waals surface area (Å²) in [7, 11) is 0. The van der Waals surface area contributed by atoms with Gasteiger partial charge in [-0.3, -0.25) is 4.79 Å². The highest BCUT2D eigenvalue weighted by molar-refractivity contribution is 6.33. The molecule has 0 radical (unpaired) electrons. The molecule has 134 valence electrons. The number of amides is 1. The van der Waals surface area contributed by atoms with Gasteiger partial charge in [0, 0.05) is 24.9 Å². The molecule has 1 saturated heterocycles. The first kappa shape index (κ1) is 18.0. The van der Waals surface area contributed by atoms with Crippen molar-refractivity contribution in [3.8, 4) is 11.3 Å². The molecule has 0 bridgehead atoms. The number of hydrogen-bond acceptors (Lipinski definition) is 4. The number of aryl methyl sites for hydroxylation is 1. The quantitative estimate of drug-likeness (QED) is 0.792. The van der Waals surface area contributed by atoms with Crippen molar-refractivity contribution in [2.45, 2.75) is 32.1 Å². The van der Waals surface area contributed by atoms with Crippen molar-refractivity contribution in [2.24, 2.45) is 5.92 Å². The van der Waals surface area contributed by atoms with E-state index >= 15 is 0 Å². The molecule has 3 rings (SSSR count). The van der Waals surface area contributed by atoms with E-state index in [0.29, 0.717) is 35.4 Å². The van der Waals surface area contributed by atoms with Crippen molar-refractivity contribution in [1.29, 1.82) is 0 Å². The van der Waals surface area contributed by atoms with Crippen LogP contribution in [-0.2, 0) is 11.2 Å². The van der Waals surface area contributed by atoms with E-state index in [0.717, 1.165) is 31.6 Å². The Morgan fingerprint density at radius 2 is 2.28 bits per heavy atom. The lowest BCUT2D eigenvalue weighted by molar-refractivity contribution is -0.121. The van der Waals surface area contributed by atoms with E-state index in [1.807, 2.05) is 24.3 Å². The van der Waals surface area contributed by atoms with Crippen LogP contribution in [0.4, 0.5) is 0 Å². The number of nitrogens with one attached hydrogen (secondary N) is 2. The minimum atomic E-state index is 0.0428. The van der Waals surface area contributed by atoms with Gasteiger partial charge in [0.05, 0.1) is 11.2 Å². The Balaban J connectivity index is 1.41. The van der Waals surface area contributed by atoms with Crippen LogP contribution >= 0.6 is 11.6 Å². The molecule has 0 saturated carbocycles. The molecule has 2 heterocycles. The number of oxazole rings is 1. The molecule has 25 heavy (non-hydrogen) atoms. The molecule has 1 atom stereocenters. The predicted molar refractivity (Wildman–Crippen MR) is 98.5 cm³/mol. The molecule has 1 aromatic carbocycles. The number of halogens is 1. The van der Waals surface area contributed by atoms with Crippen LogP contribution < -0.4 is 10.6 Å². The van der Waals surface area contributed by atoms with Crippen molar-refractivity contribution >= 4 is 17.5 Å². The Kier molecular flexibility index (Phi) is 6.48. The zero-order valence-electron chi connectivity index (χ0n) is 14.3. The van der Waals surface area contributed by atoms with Crippen molar-refractivity contribution in [3.05, 3.63) is 41.4 Å². The first-order valence-electron chi connectivity index (χ1n) is 8.89. The maximum Gasteiger partial charge on any atom is 0.220 e. The van der Waals surface area contributed by atoms with Gasteiger partial charge in [-0.1, -0.05) is 23.7 Å². The second kappa shape index (κ2) is 9.02. The lowest BCUT2D eigenvalue weighted by atomic mass is 9.96. The van der Waals surface area contributed by atoms with Crippen LogP contribution in [0.25, 0.3) is 11.3 Å². The summed E-state index contributed by atoms with van der Waals surface area (Å²) in [6, 6.07) is 7.48. The van der Waals surface area contributed by atoms with Crippen LogP contribution in [0.15, 0.2) is 34.9 Å². The third-order valence-corrected chi connectivity index (χ3v) is 4.86. The molecule has 1 aromatic heterocycles. The second-order valence-corrected chi connectivity index (χ2v) is 6.86. The van der Waals surface area contributed by atoms with Gasteiger partial charge < -0.3 is 15.1 Å². The fraction of sp³-hybridized carbons (Fsp3) is 0.474. The van der Waals surface area contributed by atoms with Crippen molar-refractivity contribution in [1.82, 2.24) is 15.6 Å². The van der Waals surface area contributed by atoms with Gasteiger partial charge in [0.25, 0.3) is 0 Å². The number of rotatable bonds is 7. The summed E-state index contributed by atoms with van der Waals surface area (Å²) >= 11 is 6.16. The molecule has 1 aliphatic rings. The zero-order valence-corrected chi connectivity index (χ0v) is 15.0. The van der Waals surface area contributed by atoms with Crippen molar-refractivity contribution in [2.75, 3.05) is 19.6 Å². The molecule has 1 unspecified atom stereocenters. The number of hydrogen-bond donors (Lipinski definition) is 2. The van der Waals surface area contributed by atoms with Gasteiger partial charge in [-0.2, -0.15) is 0 Å². The van der Waals surface area contributed by atoms with E-state index in [4.69, 9.17) is 16.0 Å². The average molecular weight is 362 g/mol. The summed E-state index contributed by atoms with van der Waals surface area (Å²) in [6.07, 6.45) is 6.05. The van der Waals surface area contributed by atoms with E-state index in [1.54, 1.807) is 6.20 Å². The van der Waals surface area contributed by atoms with Crippen LogP contribution in [0.1, 0.15) is 31.6 Å². The minimum absolute atomic E-state index is 0.0428. The van der Waals surface area contributed by atoms with Gasteiger partial charge in [0.1, 0.15) is 0 Å². The Hall–Kier alpha value is -1.85. The summed E-state index contributed by atoms with van der Waals surface area (Å²) in [5.41, 5.74) is 0.813. The molecule has 1 aliphatic heterocycles. The fourth-order valence-electron chi connectivity index (χ4n) is 3.11. The highest BCUT2D eigenvalue weighted by Gasteiger charge is 2.14. The number of piperidine rings is 1. The number of carbonyl (C=O) groups excluding carboxylic acids is 1. The molecular weight excluding hydrogens is 338 g/mol. The van der Waals surface area contributed by atoms with Gasteiger partial charge in [0.15, 0.2) is 11.7 Å². The summed E-state index contributed by atoms with van der Waals surface area (Å²) in [5, 5.41) is 7.01. The Labute approximate surface area is 153 Å².